The van der Waals surface area contributed by atoms with Crippen LogP contribution in [0.5, 0.6) is 0 Å². The molecule has 1 rings (SSSR count). The van der Waals surface area contributed by atoms with Gasteiger partial charge < -0.3 is 4.57 Å². The molecule has 0 fully saturated rings. The van der Waals surface area contributed by atoms with E-state index >= 15 is 0 Å². The van der Waals surface area contributed by atoms with E-state index in [1.165, 1.54) is 0 Å². The Kier molecular flexibility index (Phi) is 5.06. The van der Waals surface area contributed by atoms with Crippen molar-refractivity contribution in [1.29, 1.82) is 0 Å². The molecule has 1 atom stereocenters. The minimum atomic E-state index is -0.501. The first-order valence-electron chi connectivity index (χ1n) is 3.83. The molecular weight excluding hydrogens is 194 g/mol. The van der Waals surface area contributed by atoms with Crippen LogP contribution in [0.4, 0.5) is 0 Å². The van der Waals surface area contributed by atoms with Gasteiger partial charge in [0.1, 0.15) is 0 Å². The Morgan fingerprint density at radius 2 is 2.38 bits per heavy atom. The average Bonchev–Trinajstić information content (AvgIpc) is 2.51. The fourth-order valence-electron chi connectivity index (χ4n) is 0.983. The number of hydrogen-bond donors (Lipinski definition) is 0. The monoisotopic (exact) mass is 205 g/mol. The Hall–Kier alpha value is -1.10. The van der Waals surface area contributed by atoms with Gasteiger partial charge in [-0.2, -0.15) is 0 Å². The van der Waals surface area contributed by atoms with E-state index in [1.807, 2.05) is 6.92 Å². The van der Waals surface area contributed by atoms with Crippen LogP contribution in [0, 0.1) is 10.1 Å². The van der Waals surface area contributed by atoms with E-state index in [9.17, 15) is 10.1 Å². The highest BCUT2D eigenvalue weighted by Gasteiger charge is 2.16. The van der Waals surface area contributed by atoms with Gasteiger partial charge in [0.15, 0.2) is 0 Å². The fraction of sp³-hybridized carbons (Fsp3) is 0.571. The second kappa shape index (κ2) is 5.53. The maximum absolute atomic E-state index is 10.4. The molecule has 0 radical (unpaired) electrons. The van der Waals surface area contributed by atoms with E-state index in [0.29, 0.717) is 13.0 Å². The molecule has 1 heterocycles. The van der Waals surface area contributed by atoms with Crippen LogP contribution < -0.4 is 0 Å². The smallest absolute Gasteiger partial charge is 0.230 e. The zero-order valence-corrected chi connectivity index (χ0v) is 8.11. The highest BCUT2D eigenvalue weighted by molar-refractivity contribution is 5.85. The summed E-state index contributed by atoms with van der Waals surface area (Å²) in [7, 11) is 0. The van der Waals surface area contributed by atoms with Crippen molar-refractivity contribution in [3.8, 4) is 0 Å². The summed E-state index contributed by atoms with van der Waals surface area (Å²) in [6.45, 7) is 2.22. The molecule has 0 aliphatic heterocycles. The Balaban J connectivity index is 0.00000144. The maximum Gasteiger partial charge on any atom is 0.230 e. The van der Waals surface area contributed by atoms with Crippen molar-refractivity contribution in [2.75, 3.05) is 0 Å². The first-order valence-corrected chi connectivity index (χ1v) is 3.83. The molecule has 0 saturated carbocycles. The van der Waals surface area contributed by atoms with Gasteiger partial charge >= 0.3 is 0 Å². The average molecular weight is 206 g/mol. The zero-order valence-electron chi connectivity index (χ0n) is 7.29. The highest BCUT2D eigenvalue weighted by Crippen LogP contribution is 2.00. The van der Waals surface area contributed by atoms with Crippen molar-refractivity contribution < 1.29 is 4.92 Å². The quantitative estimate of drug-likeness (QED) is 0.551. The molecule has 1 aromatic rings. The van der Waals surface area contributed by atoms with E-state index < -0.39 is 6.04 Å². The molecule has 1 aromatic heterocycles. The SMILES string of the molecule is CCC(Cn1ccnc1)[N+](=O)[O-].Cl. The Bertz CT molecular complexity index is 250. The van der Waals surface area contributed by atoms with Gasteiger partial charge in [-0.1, -0.05) is 6.92 Å². The molecule has 5 nitrogen and oxygen atoms in total. The predicted molar refractivity (Wildman–Crippen MR) is 50.5 cm³/mol. The lowest BCUT2D eigenvalue weighted by Crippen LogP contribution is -2.23. The lowest BCUT2D eigenvalue weighted by atomic mass is 10.2. The highest BCUT2D eigenvalue weighted by atomic mass is 35.5. The Morgan fingerprint density at radius 1 is 1.69 bits per heavy atom. The summed E-state index contributed by atoms with van der Waals surface area (Å²) in [6, 6.07) is -0.501. The number of nitrogens with zero attached hydrogens (tertiary/aromatic N) is 3. The molecule has 0 aliphatic carbocycles. The predicted octanol–water partition coefficient (Wildman–Crippen LogP) is 1.36. The van der Waals surface area contributed by atoms with Crippen molar-refractivity contribution in [3.63, 3.8) is 0 Å². The van der Waals surface area contributed by atoms with Gasteiger partial charge in [-0.3, -0.25) is 10.1 Å². The van der Waals surface area contributed by atoms with Crippen LogP contribution in [0.25, 0.3) is 0 Å². The maximum atomic E-state index is 10.4. The summed E-state index contributed by atoms with van der Waals surface area (Å²) < 4.78 is 1.72. The van der Waals surface area contributed by atoms with Gasteiger partial charge in [-0.05, 0) is 0 Å². The summed E-state index contributed by atoms with van der Waals surface area (Å²) in [6.07, 6.45) is 5.48. The zero-order chi connectivity index (χ0) is 8.97. The molecule has 0 saturated heterocycles. The van der Waals surface area contributed by atoms with E-state index in [-0.39, 0.29) is 17.3 Å². The lowest BCUT2D eigenvalue weighted by molar-refractivity contribution is -0.524. The van der Waals surface area contributed by atoms with E-state index in [1.54, 1.807) is 23.3 Å². The molecule has 0 bridgehead atoms. The van der Waals surface area contributed by atoms with Crippen LogP contribution in [-0.2, 0) is 6.54 Å². The van der Waals surface area contributed by atoms with Gasteiger partial charge in [0.25, 0.3) is 0 Å². The minimum Gasteiger partial charge on any atom is -0.331 e. The Morgan fingerprint density at radius 3 is 2.77 bits per heavy atom. The van der Waals surface area contributed by atoms with E-state index in [0.717, 1.165) is 0 Å². The van der Waals surface area contributed by atoms with Crippen LogP contribution in [-0.4, -0.2) is 20.5 Å². The normalized spacial score (nSPS) is 11.8. The van der Waals surface area contributed by atoms with Crippen LogP contribution in [0.2, 0.25) is 0 Å². The van der Waals surface area contributed by atoms with Crippen LogP contribution in [0.3, 0.4) is 0 Å². The molecule has 0 spiro atoms. The number of rotatable bonds is 4. The molecule has 6 heteroatoms. The number of hydrogen-bond acceptors (Lipinski definition) is 3. The van der Waals surface area contributed by atoms with Crippen molar-refractivity contribution >= 4 is 12.4 Å². The van der Waals surface area contributed by atoms with Gasteiger partial charge in [0.05, 0.1) is 12.9 Å². The topological polar surface area (TPSA) is 61.0 Å². The minimum absolute atomic E-state index is 0. The number of nitro groups is 1. The third kappa shape index (κ3) is 3.42. The number of imidazole rings is 1. The number of halogens is 1. The van der Waals surface area contributed by atoms with Crippen molar-refractivity contribution in [2.24, 2.45) is 0 Å². The largest absolute Gasteiger partial charge is 0.331 e. The van der Waals surface area contributed by atoms with Gasteiger partial charge in [-0.15, -0.1) is 12.4 Å². The summed E-state index contributed by atoms with van der Waals surface area (Å²) in [4.78, 5) is 14.0. The summed E-state index contributed by atoms with van der Waals surface area (Å²) in [5, 5.41) is 10.4. The standard InChI is InChI=1S/C7H11N3O2.ClH/c1-2-7(10(11)12)5-9-4-3-8-6-9;/h3-4,6-7H,2,5H2,1H3;1H. The molecule has 0 amide bonds. The first-order chi connectivity index (χ1) is 5.74. The summed E-state index contributed by atoms with van der Waals surface area (Å²) in [5.41, 5.74) is 0. The Labute approximate surface area is 82.3 Å². The van der Waals surface area contributed by atoms with Gasteiger partial charge in [0.2, 0.25) is 6.04 Å². The number of aromatic nitrogens is 2. The van der Waals surface area contributed by atoms with Gasteiger partial charge in [0, 0.05) is 23.7 Å². The second-order valence-corrected chi connectivity index (χ2v) is 2.61. The molecular formula is C7H12ClN3O2. The third-order valence-corrected chi connectivity index (χ3v) is 1.75. The van der Waals surface area contributed by atoms with Gasteiger partial charge in [-0.25, -0.2) is 4.98 Å². The van der Waals surface area contributed by atoms with Crippen molar-refractivity contribution in [3.05, 3.63) is 28.8 Å². The summed E-state index contributed by atoms with van der Waals surface area (Å²) >= 11 is 0. The van der Waals surface area contributed by atoms with Crippen molar-refractivity contribution in [1.82, 2.24) is 9.55 Å². The molecule has 13 heavy (non-hydrogen) atoms. The first kappa shape index (κ1) is 11.9. The molecule has 74 valence electrons. The van der Waals surface area contributed by atoms with E-state index in [4.69, 9.17) is 0 Å². The summed E-state index contributed by atoms with van der Waals surface area (Å²) in [5.74, 6) is 0. The van der Waals surface area contributed by atoms with Crippen LogP contribution in [0.15, 0.2) is 18.7 Å². The fourth-order valence-corrected chi connectivity index (χ4v) is 0.983. The van der Waals surface area contributed by atoms with Crippen LogP contribution in [0.1, 0.15) is 13.3 Å². The third-order valence-electron chi connectivity index (χ3n) is 1.75. The second-order valence-electron chi connectivity index (χ2n) is 2.61. The molecule has 0 N–H and O–H groups in total. The molecule has 0 aliphatic rings. The van der Waals surface area contributed by atoms with E-state index in [2.05, 4.69) is 4.98 Å². The molecule has 0 aromatic carbocycles. The van der Waals surface area contributed by atoms with Crippen LogP contribution >= 0.6 is 12.4 Å². The molecule has 1 unspecified atom stereocenters. The van der Waals surface area contributed by atoms with Crippen molar-refractivity contribution in [2.45, 2.75) is 25.9 Å². The lowest BCUT2D eigenvalue weighted by Gasteiger charge is -2.06.